The largest absolute Gasteiger partial charge is 0.255 e. The third-order valence-electron chi connectivity index (χ3n) is 3.70. The van der Waals surface area contributed by atoms with Crippen LogP contribution < -0.4 is 0 Å². The van der Waals surface area contributed by atoms with Crippen LogP contribution in [0.3, 0.4) is 0 Å². The lowest BCUT2D eigenvalue weighted by molar-refractivity contribution is 1.17. The molecule has 0 saturated heterocycles. The molecule has 1 aromatic carbocycles. The summed E-state index contributed by atoms with van der Waals surface area (Å²) in [7, 11) is 0. The molecule has 4 rings (SSSR count). The molecular weight excluding hydrogens is 296 g/mol. The molecule has 3 heterocycles. The number of nitrogens with zero attached hydrogens (tertiary/aromatic N) is 4. The van der Waals surface area contributed by atoms with Crippen LogP contribution in [0.25, 0.3) is 33.9 Å². The average Bonchev–Trinajstić information content (AvgIpc) is 2.70. The maximum Gasteiger partial charge on any atom is 0.159 e. The van der Waals surface area contributed by atoms with Crippen molar-refractivity contribution in [3.05, 3.63) is 85.5 Å². The first-order valence-corrected chi connectivity index (χ1v) is 7.65. The lowest BCUT2D eigenvalue weighted by atomic mass is 10.1. The van der Waals surface area contributed by atoms with Gasteiger partial charge in [0.1, 0.15) is 0 Å². The van der Waals surface area contributed by atoms with Crippen LogP contribution in [0.15, 0.2) is 85.5 Å². The molecule has 0 unspecified atom stereocenters. The third kappa shape index (κ3) is 2.90. The molecule has 3 aromatic heterocycles. The van der Waals surface area contributed by atoms with Crippen LogP contribution in [0, 0.1) is 0 Å². The Morgan fingerprint density at radius 1 is 0.500 bits per heavy atom. The number of hydrogen-bond donors (Lipinski definition) is 0. The fraction of sp³-hybridized carbons (Fsp3) is 0. The molecule has 0 atom stereocenters. The van der Waals surface area contributed by atoms with Crippen LogP contribution >= 0.6 is 0 Å². The van der Waals surface area contributed by atoms with Crippen molar-refractivity contribution < 1.29 is 0 Å². The van der Waals surface area contributed by atoms with Crippen molar-refractivity contribution in [3.8, 4) is 33.9 Å². The SMILES string of the molecule is c1ccc(-c2cnc(-c3ccnc(-c4ccccn4)c3)nc2)cc1. The number of aromatic nitrogens is 4. The quantitative estimate of drug-likeness (QED) is 0.567. The van der Waals surface area contributed by atoms with Crippen molar-refractivity contribution in [2.24, 2.45) is 0 Å². The smallest absolute Gasteiger partial charge is 0.159 e. The van der Waals surface area contributed by atoms with Crippen molar-refractivity contribution in [1.82, 2.24) is 19.9 Å². The Bertz CT molecular complexity index is 936. The Kier molecular flexibility index (Phi) is 3.78. The van der Waals surface area contributed by atoms with Crippen molar-refractivity contribution in [2.75, 3.05) is 0 Å². The van der Waals surface area contributed by atoms with Gasteiger partial charge in [0.05, 0.1) is 11.4 Å². The van der Waals surface area contributed by atoms with Crippen LogP contribution in [-0.4, -0.2) is 19.9 Å². The van der Waals surface area contributed by atoms with Crippen molar-refractivity contribution in [2.45, 2.75) is 0 Å². The highest BCUT2D eigenvalue weighted by Gasteiger charge is 2.06. The van der Waals surface area contributed by atoms with Gasteiger partial charge in [0, 0.05) is 35.9 Å². The second-order valence-corrected chi connectivity index (χ2v) is 5.31. The molecule has 0 bridgehead atoms. The third-order valence-corrected chi connectivity index (χ3v) is 3.70. The van der Waals surface area contributed by atoms with Gasteiger partial charge in [0.15, 0.2) is 5.82 Å². The second-order valence-electron chi connectivity index (χ2n) is 5.31. The molecule has 114 valence electrons. The summed E-state index contributed by atoms with van der Waals surface area (Å²) in [6.07, 6.45) is 7.21. The van der Waals surface area contributed by atoms with E-state index >= 15 is 0 Å². The van der Waals surface area contributed by atoms with Gasteiger partial charge in [0.2, 0.25) is 0 Å². The molecule has 0 aliphatic heterocycles. The molecule has 4 heteroatoms. The van der Waals surface area contributed by atoms with Gasteiger partial charge in [-0.2, -0.15) is 0 Å². The van der Waals surface area contributed by atoms with Gasteiger partial charge in [-0.15, -0.1) is 0 Å². The Balaban J connectivity index is 1.67. The lowest BCUT2D eigenvalue weighted by Crippen LogP contribution is -1.92. The highest BCUT2D eigenvalue weighted by atomic mass is 14.9. The van der Waals surface area contributed by atoms with E-state index in [1.165, 1.54) is 0 Å². The van der Waals surface area contributed by atoms with E-state index in [1.54, 1.807) is 12.4 Å². The molecular formula is C20H14N4. The van der Waals surface area contributed by atoms with Crippen molar-refractivity contribution in [1.29, 1.82) is 0 Å². The topological polar surface area (TPSA) is 51.6 Å². The zero-order chi connectivity index (χ0) is 16.2. The van der Waals surface area contributed by atoms with Crippen LogP contribution in [0.5, 0.6) is 0 Å². The van der Waals surface area contributed by atoms with Crippen LogP contribution in [0.1, 0.15) is 0 Å². The van der Waals surface area contributed by atoms with Gasteiger partial charge >= 0.3 is 0 Å². The fourth-order valence-corrected chi connectivity index (χ4v) is 2.48. The second kappa shape index (κ2) is 6.38. The molecule has 0 aliphatic rings. The fourth-order valence-electron chi connectivity index (χ4n) is 2.48. The molecule has 0 fully saturated rings. The zero-order valence-corrected chi connectivity index (χ0v) is 12.9. The molecule has 0 N–H and O–H groups in total. The summed E-state index contributed by atoms with van der Waals surface area (Å²) < 4.78 is 0. The first kappa shape index (κ1) is 14.2. The van der Waals surface area contributed by atoms with Gasteiger partial charge in [-0.05, 0) is 29.8 Å². The molecule has 0 aliphatic carbocycles. The molecule has 0 spiro atoms. The van der Waals surface area contributed by atoms with Crippen LogP contribution in [0.2, 0.25) is 0 Å². The highest BCUT2D eigenvalue weighted by Crippen LogP contribution is 2.22. The molecule has 0 radical (unpaired) electrons. The number of hydrogen-bond acceptors (Lipinski definition) is 4. The van der Waals surface area contributed by atoms with Crippen molar-refractivity contribution in [3.63, 3.8) is 0 Å². The van der Waals surface area contributed by atoms with Gasteiger partial charge in [-0.25, -0.2) is 9.97 Å². The van der Waals surface area contributed by atoms with Gasteiger partial charge in [0.25, 0.3) is 0 Å². The number of rotatable bonds is 3. The van der Waals surface area contributed by atoms with E-state index in [2.05, 4.69) is 19.9 Å². The molecule has 0 amide bonds. The monoisotopic (exact) mass is 310 g/mol. The molecule has 4 aromatic rings. The van der Waals surface area contributed by atoms with E-state index in [1.807, 2.05) is 73.1 Å². The Morgan fingerprint density at radius 3 is 2.00 bits per heavy atom. The van der Waals surface area contributed by atoms with Gasteiger partial charge in [-0.3, -0.25) is 9.97 Å². The van der Waals surface area contributed by atoms with E-state index < -0.39 is 0 Å². The maximum absolute atomic E-state index is 4.50. The Hall–Kier alpha value is -3.40. The summed E-state index contributed by atoms with van der Waals surface area (Å²) in [5.74, 6) is 0.675. The summed E-state index contributed by atoms with van der Waals surface area (Å²) in [4.78, 5) is 17.7. The predicted molar refractivity (Wildman–Crippen MR) is 93.9 cm³/mol. The molecule has 0 saturated carbocycles. The molecule has 4 nitrogen and oxygen atoms in total. The van der Waals surface area contributed by atoms with Gasteiger partial charge < -0.3 is 0 Å². The lowest BCUT2D eigenvalue weighted by Gasteiger charge is -2.05. The minimum Gasteiger partial charge on any atom is -0.255 e. The summed E-state index contributed by atoms with van der Waals surface area (Å²) in [6.45, 7) is 0. The first-order chi connectivity index (χ1) is 11.9. The molecule has 24 heavy (non-hydrogen) atoms. The highest BCUT2D eigenvalue weighted by molar-refractivity contribution is 5.66. The first-order valence-electron chi connectivity index (χ1n) is 7.65. The normalized spacial score (nSPS) is 10.5. The Labute approximate surface area is 139 Å². The maximum atomic E-state index is 4.50. The number of benzene rings is 1. The van der Waals surface area contributed by atoms with Crippen molar-refractivity contribution >= 4 is 0 Å². The van der Waals surface area contributed by atoms with Gasteiger partial charge in [-0.1, -0.05) is 36.4 Å². The van der Waals surface area contributed by atoms with Crippen LogP contribution in [0.4, 0.5) is 0 Å². The van der Waals surface area contributed by atoms with E-state index in [9.17, 15) is 0 Å². The van der Waals surface area contributed by atoms with E-state index in [4.69, 9.17) is 0 Å². The standard InChI is InChI=1S/C20H14N4/c1-2-6-15(7-3-1)17-13-23-20(24-14-17)16-9-11-22-19(12-16)18-8-4-5-10-21-18/h1-14H. The zero-order valence-electron chi connectivity index (χ0n) is 12.9. The van der Waals surface area contributed by atoms with E-state index in [0.717, 1.165) is 28.1 Å². The summed E-state index contributed by atoms with van der Waals surface area (Å²) in [5.41, 5.74) is 4.67. The van der Waals surface area contributed by atoms with E-state index in [0.29, 0.717) is 5.82 Å². The minimum atomic E-state index is 0.675. The number of pyridine rings is 2. The minimum absolute atomic E-state index is 0.675. The van der Waals surface area contributed by atoms with Crippen LogP contribution in [-0.2, 0) is 0 Å². The Morgan fingerprint density at radius 2 is 1.25 bits per heavy atom. The van der Waals surface area contributed by atoms with E-state index in [-0.39, 0.29) is 0 Å². The summed E-state index contributed by atoms with van der Waals surface area (Å²) in [6, 6.07) is 19.7. The summed E-state index contributed by atoms with van der Waals surface area (Å²) in [5, 5.41) is 0. The predicted octanol–water partition coefficient (Wildman–Crippen LogP) is 4.27. The summed E-state index contributed by atoms with van der Waals surface area (Å²) >= 11 is 0. The average molecular weight is 310 g/mol.